The number of nitrogens with two attached hydrogens (primary N) is 1. The lowest BCUT2D eigenvalue weighted by molar-refractivity contribution is -0.171. The number of hydrogen-bond acceptors (Lipinski definition) is 5. The van der Waals surface area contributed by atoms with E-state index in [4.69, 9.17) is 15.3 Å². The van der Waals surface area contributed by atoms with E-state index >= 15 is 0 Å². The van der Waals surface area contributed by atoms with Gasteiger partial charge in [0.05, 0.1) is 17.7 Å². The number of para-hydroxylation sites is 1. The number of benzene rings is 1. The van der Waals surface area contributed by atoms with Crippen molar-refractivity contribution in [3.63, 3.8) is 0 Å². The first-order chi connectivity index (χ1) is 13.0. The van der Waals surface area contributed by atoms with Gasteiger partial charge in [0.25, 0.3) is 5.91 Å². The number of hydrogen-bond donors (Lipinski definition) is 1. The Morgan fingerprint density at radius 2 is 2.07 bits per heavy atom. The summed E-state index contributed by atoms with van der Waals surface area (Å²) in [5, 5.41) is 2.71. The van der Waals surface area contributed by atoms with Crippen LogP contribution in [-0.4, -0.2) is 34.2 Å². The van der Waals surface area contributed by atoms with Crippen molar-refractivity contribution in [2.45, 2.75) is 50.9 Å². The van der Waals surface area contributed by atoms with Gasteiger partial charge in [-0.25, -0.2) is 5.06 Å². The molecule has 2 aromatic rings. The van der Waals surface area contributed by atoms with Gasteiger partial charge in [-0.2, -0.15) is 0 Å². The average Bonchev–Trinajstić information content (AvgIpc) is 3.05. The summed E-state index contributed by atoms with van der Waals surface area (Å²) < 4.78 is 7.26. The molecule has 2 N–H and O–H groups in total. The van der Waals surface area contributed by atoms with Gasteiger partial charge in [-0.1, -0.05) is 6.07 Å². The molecule has 1 aromatic heterocycles. The van der Waals surface area contributed by atoms with Crippen LogP contribution in [0.1, 0.15) is 32.6 Å². The van der Waals surface area contributed by atoms with Crippen LogP contribution in [-0.2, 0) is 9.63 Å². The van der Waals surface area contributed by atoms with Crippen LogP contribution in [0.15, 0.2) is 46.7 Å². The number of aromatic nitrogens is 1. The number of fused-ring (bicyclic) bond motifs is 1. The molecule has 1 amide bonds. The monoisotopic (exact) mass is 431 g/mol. The number of rotatable bonds is 4. The van der Waals surface area contributed by atoms with Gasteiger partial charge in [-0.15, -0.1) is 0 Å². The third kappa shape index (κ3) is 3.66. The first-order valence-corrected chi connectivity index (χ1v) is 9.99. The van der Waals surface area contributed by atoms with Gasteiger partial charge >= 0.3 is 0 Å². The molecular weight excluding hydrogens is 410 g/mol. The number of carbonyl (C=O) groups excluding carboxylic acids is 1. The second kappa shape index (κ2) is 7.48. The maximum absolute atomic E-state index is 11.7. The van der Waals surface area contributed by atoms with Gasteiger partial charge in [0.15, 0.2) is 0 Å². The molecule has 1 aliphatic carbocycles. The van der Waals surface area contributed by atoms with Crippen molar-refractivity contribution in [2.24, 2.45) is 5.73 Å². The molecule has 1 atom stereocenters. The summed E-state index contributed by atoms with van der Waals surface area (Å²) in [5.41, 5.74) is 6.86. The van der Waals surface area contributed by atoms with E-state index in [9.17, 15) is 4.79 Å². The van der Waals surface area contributed by atoms with E-state index in [2.05, 4.69) is 20.9 Å². The summed E-state index contributed by atoms with van der Waals surface area (Å²) in [6.45, 7) is 1.91. The lowest BCUT2D eigenvalue weighted by Gasteiger charge is -2.35. The number of amides is 1. The Bertz CT molecular complexity index is 893. The zero-order valence-electron chi connectivity index (χ0n) is 15.1. The quantitative estimate of drug-likeness (QED) is 0.798. The van der Waals surface area contributed by atoms with Crippen LogP contribution in [0.5, 0.6) is 5.75 Å². The maximum Gasteiger partial charge on any atom is 0.267 e. The SMILES string of the molecule is CC1C=C(C(N)=O)N(C2CCC(Oc3ccnc4c(Br)cccc34)CC2)O1. The first-order valence-electron chi connectivity index (χ1n) is 9.20. The molecule has 1 unspecified atom stereocenters. The molecule has 4 rings (SSSR count). The molecule has 1 aliphatic heterocycles. The molecule has 2 heterocycles. The molecule has 7 heteroatoms. The number of primary amides is 1. The van der Waals surface area contributed by atoms with E-state index in [0.717, 1.165) is 46.8 Å². The van der Waals surface area contributed by atoms with Gasteiger partial charge in [0, 0.05) is 16.1 Å². The van der Waals surface area contributed by atoms with E-state index in [0.29, 0.717) is 5.70 Å². The summed E-state index contributed by atoms with van der Waals surface area (Å²) in [7, 11) is 0. The van der Waals surface area contributed by atoms with Crippen LogP contribution in [0, 0.1) is 0 Å². The Morgan fingerprint density at radius 3 is 2.81 bits per heavy atom. The average molecular weight is 432 g/mol. The van der Waals surface area contributed by atoms with Crippen LogP contribution in [0.25, 0.3) is 10.9 Å². The van der Waals surface area contributed by atoms with Crippen molar-refractivity contribution < 1.29 is 14.4 Å². The lowest BCUT2D eigenvalue weighted by atomic mass is 9.92. The summed E-state index contributed by atoms with van der Waals surface area (Å²) in [4.78, 5) is 21.9. The Hall–Kier alpha value is -2.12. The van der Waals surface area contributed by atoms with Crippen molar-refractivity contribution in [3.8, 4) is 5.75 Å². The summed E-state index contributed by atoms with van der Waals surface area (Å²) in [5.74, 6) is 0.417. The molecule has 0 saturated heterocycles. The number of hydroxylamine groups is 2. The van der Waals surface area contributed by atoms with E-state index in [1.54, 1.807) is 17.3 Å². The number of carbonyl (C=O) groups is 1. The van der Waals surface area contributed by atoms with Crippen molar-refractivity contribution in [2.75, 3.05) is 0 Å². The van der Waals surface area contributed by atoms with Gasteiger partial charge in [0.2, 0.25) is 0 Å². The van der Waals surface area contributed by atoms with Crippen molar-refractivity contribution in [1.29, 1.82) is 0 Å². The highest BCUT2D eigenvalue weighted by molar-refractivity contribution is 9.10. The lowest BCUT2D eigenvalue weighted by Crippen LogP contribution is -2.40. The number of ether oxygens (including phenoxy) is 1. The highest BCUT2D eigenvalue weighted by atomic mass is 79.9. The number of halogens is 1. The molecule has 1 aromatic carbocycles. The van der Waals surface area contributed by atoms with Crippen molar-refractivity contribution >= 4 is 32.7 Å². The Labute approximate surface area is 166 Å². The second-order valence-corrected chi connectivity index (χ2v) is 7.90. The van der Waals surface area contributed by atoms with Crippen LogP contribution < -0.4 is 10.5 Å². The smallest absolute Gasteiger partial charge is 0.267 e. The fraction of sp³-hybridized carbons (Fsp3) is 0.400. The molecule has 27 heavy (non-hydrogen) atoms. The molecule has 0 spiro atoms. The summed E-state index contributed by atoms with van der Waals surface area (Å²) in [6.07, 6.45) is 7.12. The maximum atomic E-state index is 11.7. The third-order valence-electron chi connectivity index (χ3n) is 5.11. The fourth-order valence-electron chi connectivity index (χ4n) is 3.83. The van der Waals surface area contributed by atoms with Gasteiger partial charge < -0.3 is 10.5 Å². The normalized spacial score (nSPS) is 25.5. The van der Waals surface area contributed by atoms with Crippen molar-refractivity contribution in [3.05, 3.63) is 46.7 Å². The standard InChI is InChI=1S/C20H22BrN3O3/c1-12-11-17(20(22)25)24(27-12)13-5-7-14(8-6-13)26-18-9-10-23-19-15(18)3-2-4-16(19)21/h2-4,9-14H,5-8H2,1H3,(H2,22,25). The molecule has 0 bridgehead atoms. The van der Waals surface area contributed by atoms with E-state index in [1.165, 1.54) is 0 Å². The Balaban J connectivity index is 1.43. The van der Waals surface area contributed by atoms with E-state index < -0.39 is 5.91 Å². The molecule has 1 fully saturated rings. The van der Waals surface area contributed by atoms with Gasteiger partial charge in [0.1, 0.15) is 17.6 Å². The summed E-state index contributed by atoms with van der Waals surface area (Å²) >= 11 is 3.54. The Kier molecular flexibility index (Phi) is 5.06. The Morgan fingerprint density at radius 1 is 1.30 bits per heavy atom. The number of nitrogens with zero attached hydrogens (tertiary/aromatic N) is 2. The van der Waals surface area contributed by atoms with E-state index in [1.807, 2.05) is 31.2 Å². The largest absolute Gasteiger partial charge is 0.490 e. The first kappa shape index (κ1) is 18.3. The van der Waals surface area contributed by atoms with Crippen LogP contribution in [0.3, 0.4) is 0 Å². The van der Waals surface area contributed by atoms with Crippen LogP contribution >= 0.6 is 15.9 Å². The van der Waals surface area contributed by atoms with E-state index in [-0.39, 0.29) is 18.2 Å². The summed E-state index contributed by atoms with van der Waals surface area (Å²) in [6, 6.07) is 8.06. The minimum absolute atomic E-state index is 0.122. The van der Waals surface area contributed by atoms with Crippen LogP contribution in [0.4, 0.5) is 0 Å². The highest BCUT2D eigenvalue weighted by Gasteiger charge is 2.34. The van der Waals surface area contributed by atoms with Crippen molar-refractivity contribution in [1.82, 2.24) is 10.0 Å². The molecular formula is C20H22BrN3O3. The molecule has 142 valence electrons. The minimum Gasteiger partial charge on any atom is -0.490 e. The molecule has 2 aliphatic rings. The second-order valence-electron chi connectivity index (χ2n) is 7.05. The topological polar surface area (TPSA) is 77.7 Å². The fourth-order valence-corrected chi connectivity index (χ4v) is 4.30. The van der Waals surface area contributed by atoms with Gasteiger partial charge in [-0.05, 0) is 72.8 Å². The molecule has 1 saturated carbocycles. The minimum atomic E-state index is -0.438. The third-order valence-corrected chi connectivity index (χ3v) is 5.75. The zero-order chi connectivity index (χ0) is 19.0. The molecule has 0 radical (unpaired) electrons. The molecule has 6 nitrogen and oxygen atoms in total. The predicted molar refractivity (Wildman–Crippen MR) is 106 cm³/mol. The zero-order valence-corrected chi connectivity index (χ0v) is 16.7. The predicted octanol–water partition coefficient (Wildman–Crippen LogP) is 3.69. The highest BCUT2D eigenvalue weighted by Crippen LogP contribution is 2.34. The van der Waals surface area contributed by atoms with Crippen LogP contribution in [0.2, 0.25) is 0 Å². The number of pyridine rings is 1. The van der Waals surface area contributed by atoms with Gasteiger partial charge in [-0.3, -0.25) is 14.6 Å².